The molecule has 0 amide bonds. The van der Waals surface area contributed by atoms with Crippen molar-refractivity contribution in [3.05, 3.63) is 59.3 Å². The Morgan fingerprint density at radius 3 is 2.35 bits per heavy atom. The normalized spacial score (nSPS) is 11.2. The summed E-state index contributed by atoms with van der Waals surface area (Å²) < 4.78 is 0. The van der Waals surface area contributed by atoms with Crippen LogP contribution in [0.2, 0.25) is 0 Å². The summed E-state index contributed by atoms with van der Waals surface area (Å²) in [5.74, 6) is 0.621. The third-order valence-corrected chi connectivity index (χ3v) is 2.86. The van der Waals surface area contributed by atoms with Crippen molar-refractivity contribution in [1.82, 2.24) is 4.98 Å². The highest BCUT2D eigenvalue weighted by Crippen LogP contribution is 2.20. The average Bonchev–Trinajstić information content (AvgIpc) is 2.37. The van der Waals surface area contributed by atoms with E-state index in [1.54, 1.807) is 12.3 Å². The van der Waals surface area contributed by atoms with Gasteiger partial charge in [0.25, 0.3) is 0 Å². The number of hydrogen-bond donors (Lipinski definition) is 1. The molecule has 1 aromatic heterocycles. The Balaban J connectivity index is 2.37. The fourth-order valence-corrected chi connectivity index (χ4v) is 1.90. The molecule has 0 aliphatic carbocycles. The number of aromatic nitrogens is 1. The Hall–Kier alpha value is -2.16. The van der Waals surface area contributed by atoms with Crippen molar-refractivity contribution in [2.75, 3.05) is 5.32 Å². The molecule has 104 valence electrons. The van der Waals surface area contributed by atoms with Crippen LogP contribution in [-0.4, -0.2) is 16.3 Å². The van der Waals surface area contributed by atoms with E-state index in [0.29, 0.717) is 16.9 Å². The first-order chi connectivity index (χ1) is 9.37. The number of carbonyl (C=O) groups excluding carboxylic acids is 1. The van der Waals surface area contributed by atoms with Crippen LogP contribution in [0.5, 0.6) is 0 Å². The van der Waals surface area contributed by atoms with Gasteiger partial charge in [-0.1, -0.05) is 29.8 Å². The van der Waals surface area contributed by atoms with Gasteiger partial charge < -0.3 is 5.32 Å². The van der Waals surface area contributed by atoms with Crippen LogP contribution in [0, 0.1) is 6.92 Å². The molecule has 0 atom stereocenters. The van der Waals surface area contributed by atoms with E-state index >= 15 is 0 Å². The number of hydrogen-bond acceptors (Lipinski definition) is 3. The van der Waals surface area contributed by atoms with Crippen molar-refractivity contribution in [2.45, 2.75) is 33.2 Å². The number of rotatable bonds is 3. The molecule has 0 bridgehead atoms. The molecule has 2 aromatic rings. The summed E-state index contributed by atoms with van der Waals surface area (Å²) in [5, 5.41) is 3.28. The number of ketones is 1. The molecule has 20 heavy (non-hydrogen) atoms. The number of aryl methyl sites for hydroxylation is 1. The topological polar surface area (TPSA) is 42.0 Å². The maximum Gasteiger partial charge on any atom is 0.196 e. The first-order valence-electron chi connectivity index (χ1n) is 6.71. The first-order valence-corrected chi connectivity index (χ1v) is 6.71. The lowest BCUT2D eigenvalue weighted by molar-refractivity contribution is 0.103. The Labute approximate surface area is 120 Å². The molecule has 0 saturated carbocycles. The predicted molar refractivity (Wildman–Crippen MR) is 82.2 cm³/mol. The molecule has 1 N–H and O–H groups in total. The SMILES string of the molecule is Cc1ccc(C(=O)c2cccnc2NC(C)(C)C)cc1. The minimum Gasteiger partial charge on any atom is -0.365 e. The van der Waals surface area contributed by atoms with Gasteiger partial charge in [-0.15, -0.1) is 0 Å². The summed E-state index contributed by atoms with van der Waals surface area (Å²) in [6.45, 7) is 8.14. The van der Waals surface area contributed by atoms with Crippen LogP contribution in [-0.2, 0) is 0 Å². The highest BCUT2D eigenvalue weighted by Gasteiger charge is 2.18. The number of anilines is 1. The van der Waals surface area contributed by atoms with Gasteiger partial charge in [-0.2, -0.15) is 0 Å². The van der Waals surface area contributed by atoms with Crippen molar-refractivity contribution in [3.63, 3.8) is 0 Å². The Kier molecular flexibility index (Phi) is 3.89. The number of carbonyl (C=O) groups is 1. The molecule has 0 aliphatic rings. The number of nitrogens with one attached hydrogen (secondary N) is 1. The van der Waals surface area contributed by atoms with Crippen LogP contribution in [0.25, 0.3) is 0 Å². The second kappa shape index (κ2) is 5.45. The van der Waals surface area contributed by atoms with Gasteiger partial charge in [-0.3, -0.25) is 4.79 Å². The second-order valence-electron chi connectivity index (χ2n) is 5.97. The highest BCUT2D eigenvalue weighted by molar-refractivity contribution is 6.11. The number of nitrogens with zero attached hydrogens (tertiary/aromatic N) is 1. The van der Waals surface area contributed by atoms with Crippen LogP contribution >= 0.6 is 0 Å². The molecule has 0 unspecified atom stereocenters. The molecule has 0 aliphatic heterocycles. The Bertz CT molecular complexity index is 610. The standard InChI is InChI=1S/C17H20N2O/c1-12-7-9-13(10-8-12)15(20)14-6-5-11-18-16(14)19-17(2,3)4/h5-11H,1-4H3,(H,18,19). The van der Waals surface area contributed by atoms with E-state index < -0.39 is 0 Å². The van der Waals surface area contributed by atoms with Gasteiger partial charge in [0, 0.05) is 17.3 Å². The van der Waals surface area contributed by atoms with Crippen molar-refractivity contribution in [3.8, 4) is 0 Å². The van der Waals surface area contributed by atoms with E-state index in [0.717, 1.165) is 5.56 Å². The summed E-state index contributed by atoms with van der Waals surface area (Å²) in [4.78, 5) is 16.9. The molecule has 1 aromatic carbocycles. The minimum absolute atomic E-state index is 0.00940. The summed E-state index contributed by atoms with van der Waals surface area (Å²) in [6, 6.07) is 11.2. The lowest BCUT2D eigenvalue weighted by Crippen LogP contribution is -2.28. The van der Waals surface area contributed by atoms with E-state index in [9.17, 15) is 4.79 Å². The maximum atomic E-state index is 12.6. The van der Waals surface area contributed by atoms with Crippen LogP contribution < -0.4 is 5.32 Å². The average molecular weight is 268 g/mol. The van der Waals surface area contributed by atoms with Crippen LogP contribution in [0.3, 0.4) is 0 Å². The lowest BCUT2D eigenvalue weighted by Gasteiger charge is -2.22. The zero-order valence-electron chi connectivity index (χ0n) is 12.4. The zero-order chi connectivity index (χ0) is 14.8. The van der Waals surface area contributed by atoms with Gasteiger partial charge in [0.15, 0.2) is 5.78 Å². The molecule has 0 fully saturated rings. The fourth-order valence-electron chi connectivity index (χ4n) is 1.90. The van der Waals surface area contributed by atoms with Crippen LogP contribution in [0.15, 0.2) is 42.6 Å². The van der Waals surface area contributed by atoms with Gasteiger partial charge in [0.2, 0.25) is 0 Å². The van der Waals surface area contributed by atoms with Gasteiger partial charge in [0.1, 0.15) is 5.82 Å². The third kappa shape index (κ3) is 3.44. The van der Waals surface area contributed by atoms with Crippen molar-refractivity contribution < 1.29 is 4.79 Å². The summed E-state index contributed by atoms with van der Waals surface area (Å²) in [7, 11) is 0. The molecule has 0 saturated heterocycles. The molecular weight excluding hydrogens is 248 g/mol. The summed E-state index contributed by atoms with van der Waals surface area (Å²) in [6.07, 6.45) is 1.69. The molecular formula is C17H20N2O. The summed E-state index contributed by atoms with van der Waals surface area (Å²) in [5.41, 5.74) is 2.28. The van der Waals surface area contributed by atoms with Crippen LogP contribution in [0.4, 0.5) is 5.82 Å². The molecule has 3 nitrogen and oxygen atoms in total. The third-order valence-electron chi connectivity index (χ3n) is 2.86. The number of pyridine rings is 1. The van der Waals surface area contributed by atoms with Gasteiger partial charge in [0.05, 0.1) is 5.56 Å². The second-order valence-corrected chi connectivity index (χ2v) is 5.97. The summed E-state index contributed by atoms with van der Waals surface area (Å²) >= 11 is 0. The Morgan fingerprint density at radius 2 is 1.75 bits per heavy atom. The van der Waals surface area contributed by atoms with E-state index in [-0.39, 0.29) is 11.3 Å². The smallest absolute Gasteiger partial charge is 0.196 e. The van der Waals surface area contributed by atoms with Gasteiger partial charge in [-0.05, 0) is 39.8 Å². The van der Waals surface area contributed by atoms with E-state index in [1.807, 2.05) is 58.0 Å². The van der Waals surface area contributed by atoms with Crippen molar-refractivity contribution in [1.29, 1.82) is 0 Å². The van der Waals surface area contributed by atoms with Crippen molar-refractivity contribution in [2.24, 2.45) is 0 Å². The quantitative estimate of drug-likeness (QED) is 0.860. The maximum absolute atomic E-state index is 12.6. The first kappa shape index (κ1) is 14.3. The molecule has 0 radical (unpaired) electrons. The predicted octanol–water partition coefficient (Wildman–Crippen LogP) is 3.83. The van der Waals surface area contributed by atoms with Crippen molar-refractivity contribution >= 4 is 11.6 Å². The monoisotopic (exact) mass is 268 g/mol. The fraction of sp³-hybridized carbons (Fsp3) is 0.294. The largest absolute Gasteiger partial charge is 0.365 e. The highest BCUT2D eigenvalue weighted by atomic mass is 16.1. The zero-order valence-corrected chi connectivity index (χ0v) is 12.4. The van der Waals surface area contributed by atoms with E-state index in [1.165, 1.54) is 0 Å². The molecule has 1 heterocycles. The van der Waals surface area contributed by atoms with Crippen LogP contribution in [0.1, 0.15) is 42.3 Å². The minimum atomic E-state index is -0.142. The van der Waals surface area contributed by atoms with Gasteiger partial charge >= 0.3 is 0 Å². The Morgan fingerprint density at radius 1 is 1.10 bits per heavy atom. The molecule has 0 spiro atoms. The van der Waals surface area contributed by atoms with E-state index in [2.05, 4.69) is 10.3 Å². The number of benzene rings is 1. The molecule has 3 heteroatoms. The van der Waals surface area contributed by atoms with E-state index in [4.69, 9.17) is 0 Å². The lowest BCUT2D eigenvalue weighted by atomic mass is 10.0. The van der Waals surface area contributed by atoms with Gasteiger partial charge in [-0.25, -0.2) is 4.98 Å². The molecule has 2 rings (SSSR count).